The summed E-state index contributed by atoms with van der Waals surface area (Å²) >= 11 is 0. The molecule has 0 aliphatic carbocycles. The number of carbonyl (C=O) groups is 4. The zero-order chi connectivity index (χ0) is 79.2. The van der Waals surface area contributed by atoms with Crippen molar-refractivity contribution >= 4 is 96.4 Å². The summed E-state index contributed by atoms with van der Waals surface area (Å²) in [5.41, 5.74) is -1.16. The van der Waals surface area contributed by atoms with Crippen LogP contribution in [0.2, 0.25) is 0 Å². The van der Waals surface area contributed by atoms with E-state index in [0.29, 0.717) is 0 Å². The fourth-order valence-corrected chi connectivity index (χ4v) is 14.5. The topological polar surface area (TPSA) is 855 Å². The number of aliphatic hydroxyl groups is 8. The van der Waals surface area contributed by atoms with E-state index in [2.05, 4.69) is 26.2 Å². The minimum atomic E-state index is -6.39. The van der Waals surface area contributed by atoms with Gasteiger partial charge in [-0.1, -0.05) is 20.8 Å². The van der Waals surface area contributed by atoms with Crippen molar-refractivity contribution in [1.29, 1.82) is 0 Å². The summed E-state index contributed by atoms with van der Waals surface area (Å²) in [6.45, 7) is -0.159. The van der Waals surface area contributed by atoms with Gasteiger partial charge in [-0.05, 0) is 5.41 Å². The third-order valence-electron chi connectivity index (χ3n) is 15.4. The predicted molar refractivity (Wildman–Crippen MR) is 306 cm³/mol. The van der Waals surface area contributed by atoms with E-state index in [0.717, 1.165) is 11.6 Å². The van der Waals surface area contributed by atoms with Crippen LogP contribution in [-0.2, 0) is 165 Å². The molecule has 0 saturated carbocycles. The number of carbonyl (C=O) groups excluding carboxylic acids is 1. The summed E-state index contributed by atoms with van der Waals surface area (Å²) in [5.74, 6) is -9.28. The van der Waals surface area contributed by atoms with Crippen molar-refractivity contribution in [2.45, 2.75) is 206 Å². The van der Waals surface area contributed by atoms with Crippen LogP contribution in [0.1, 0.15) is 27.7 Å². The van der Waals surface area contributed by atoms with E-state index in [1.807, 2.05) is 0 Å². The number of carboxylic acids is 3. The molecule has 30 atom stereocenters. The van der Waals surface area contributed by atoms with E-state index in [9.17, 15) is 166 Å². The van der Waals surface area contributed by atoms with Gasteiger partial charge in [-0.15, -0.1) is 0 Å². The maximum absolute atomic E-state index is 13.2. The Kier molecular flexibility index (Phi) is 29.0. The van der Waals surface area contributed by atoms with E-state index < -0.39 is 306 Å². The van der Waals surface area contributed by atoms with Crippen molar-refractivity contribution in [3.05, 3.63) is 0 Å². The summed E-state index contributed by atoms with van der Waals surface area (Å²) < 4.78 is 322. The Bertz CT molecular complexity index is 3870. The lowest BCUT2D eigenvalue weighted by atomic mass is 9.71. The number of nitrogens with one attached hydrogen (secondary N) is 3. The second-order valence-electron chi connectivity index (χ2n) is 23.8. The number of aliphatic carboxylic acids is 3. The molecule has 6 saturated heterocycles. The summed E-state index contributed by atoms with van der Waals surface area (Å²) in [6.07, 6.45) is -73.1. The summed E-state index contributed by atoms with van der Waals surface area (Å²) in [6, 6.07) is -8.15. The van der Waals surface area contributed by atoms with Crippen LogP contribution in [0.15, 0.2) is 0 Å². The second-order valence-corrected chi connectivity index (χ2v) is 31.6. The monoisotopic (exact) mass is 1670 g/mol. The first-order chi connectivity index (χ1) is 47.2. The SMILES string of the molecule is CC(=O)N[C@H]1[C@@H](O[C@H]2[C@H](O)[C@@H](O)[C@H](O[C@H]3[C@H](OS(=O)(=O)O)[C@@H](NS(=O)(=O)O)[C@@H](O[C@H]4[C@H](O)[C@@H](OS(=O)(=O)O)[C@H](O[C@H]5[C@H](O)[C@@H](NS(=O)(=O)O)C(O)O[C@@H]5COS(=O)(=O)O)O[C@H]4C(=O)O)O[C@@H]3COS(=O)(=O)O)O[C@@H]2C(=O)O)O[C@H](COS(=O)(=O)O)[C@@H](O[C@@H]2OC(C(=O)O)[C@@H](C(C)(C)C)[C@H](O)[C@H]2O)[C@@H]1O. The molecule has 6 aliphatic rings. The number of hydrogen-bond donors (Lipinski definition) is 21. The molecule has 0 aromatic carbocycles. The fourth-order valence-electron chi connectivity index (χ4n) is 11.3. The maximum atomic E-state index is 13.2. The molecule has 606 valence electrons. The molecule has 6 heterocycles. The zero-order valence-corrected chi connectivity index (χ0v) is 57.9. The predicted octanol–water partition coefficient (Wildman–Crippen LogP) is -13.4. The van der Waals surface area contributed by atoms with E-state index in [-0.39, 0.29) is 0 Å². The highest BCUT2D eigenvalue weighted by molar-refractivity contribution is 7.84. The van der Waals surface area contributed by atoms with Crippen LogP contribution >= 0.6 is 0 Å². The lowest BCUT2D eigenvalue weighted by Crippen LogP contribution is -2.71. The molecule has 62 heteroatoms. The van der Waals surface area contributed by atoms with Gasteiger partial charge in [-0.3, -0.25) is 36.7 Å². The molecule has 0 bridgehead atoms. The lowest BCUT2D eigenvalue weighted by Gasteiger charge is -2.51. The maximum Gasteiger partial charge on any atom is 0.397 e. The van der Waals surface area contributed by atoms with Crippen LogP contribution in [0.25, 0.3) is 0 Å². The van der Waals surface area contributed by atoms with Crippen molar-refractivity contribution in [2.24, 2.45) is 11.3 Å². The minimum Gasteiger partial charge on any atom is -0.479 e. The molecule has 0 aromatic heterocycles. The summed E-state index contributed by atoms with van der Waals surface area (Å²) in [7, 11) is -41.5. The third kappa shape index (κ3) is 24.1. The average molecular weight is 1670 g/mol. The first kappa shape index (κ1) is 89.1. The molecule has 0 aromatic rings. The highest BCUT2D eigenvalue weighted by Crippen LogP contribution is 2.42. The Hall–Kier alpha value is -3.79. The highest BCUT2D eigenvalue weighted by Gasteiger charge is 2.62. The zero-order valence-electron chi connectivity index (χ0n) is 52.2. The van der Waals surface area contributed by atoms with Crippen molar-refractivity contribution < 1.29 is 239 Å². The number of ether oxygens (including phenoxy) is 11. The Balaban J connectivity index is 1.39. The first-order valence-electron chi connectivity index (χ1n) is 28.4. The van der Waals surface area contributed by atoms with Gasteiger partial charge in [0.05, 0.1) is 25.9 Å². The molecule has 21 N–H and O–H groups in total. The molecule has 104 heavy (non-hydrogen) atoms. The minimum absolute atomic E-state index is 0.739. The van der Waals surface area contributed by atoms with E-state index in [1.165, 1.54) is 25.5 Å². The molecule has 0 spiro atoms. The van der Waals surface area contributed by atoms with Gasteiger partial charge in [-0.25, -0.2) is 35.3 Å². The molecular formula is C42H69N3O52S7. The summed E-state index contributed by atoms with van der Waals surface area (Å²) in [4.78, 5) is 51.4. The quantitative estimate of drug-likeness (QED) is 0.0287. The van der Waals surface area contributed by atoms with Gasteiger partial charge in [0.15, 0.2) is 62.2 Å². The molecule has 2 unspecified atom stereocenters. The second kappa shape index (κ2) is 33.8. The van der Waals surface area contributed by atoms with Crippen molar-refractivity contribution in [3.63, 3.8) is 0 Å². The van der Waals surface area contributed by atoms with Crippen LogP contribution in [0.4, 0.5) is 0 Å². The van der Waals surface area contributed by atoms with E-state index in [1.54, 1.807) is 0 Å². The highest BCUT2D eigenvalue weighted by atomic mass is 32.3. The van der Waals surface area contributed by atoms with Crippen LogP contribution in [0, 0.1) is 11.3 Å². The molecule has 6 rings (SSSR count). The standard InChI is InChI=1S/C42H69N3O52S7/c1-8(46)43-14-18(49)24(88-39-20(51)16(47)12(42(2,3)4)26(91-39)33(54)55)10(6-83-101(70,71)72)86-37(14)92-28-19(50)21(52)40(94-31(28)34(56)57)90-25-11(7-84-102(73,74)75)87-38(15(45-99(64,65)66)27(25)96-103(76,77)78)93-29-22(53)30(97-104(79,80)81)41(95-32(29)35(58)59)89-23-9(5-82-100(67,68)69)85-36(60)13(17(23)48)44-98(61,62)63/h9-32,36-41,44-45,47-53,60H,5-7H2,1-4H3,(H,43,46)(H,54,55)(H,56,57)(H,58,59)(H,61,62,63)(H,64,65,66)(H,67,68,69)(H,70,71,72)(H,73,74,75)(H,76,77,78)(H,79,80,81)/t9-,10-,11-,12+,13-,14-,15-,16+,17-,18-,19-,20-,21-,22+,23-,24-,25-,26?,27-,28+,29+,30-,31+,32-,36?,37-,38-,39-,40-,41-/m1/s1. The van der Waals surface area contributed by atoms with Crippen LogP contribution in [0.3, 0.4) is 0 Å². The van der Waals surface area contributed by atoms with Crippen LogP contribution in [0.5, 0.6) is 0 Å². The first-order valence-corrected chi connectivity index (χ1v) is 38.1. The number of carboxylic acid groups (broad SMARTS) is 3. The summed E-state index contributed by atoms with van der Waals surface area (Å²) in [5, 5.41) is 124. The van der Waals surface area contributed by atoms with Gasteiger partial charge >= 0.3 is 90.5 Å². The molecule has 0 radical (unpaired) electrons. The Morgan fingerprint density at radius 1 is 0.365 bits per heavy atom. The Labute approximate surface area is 584 Å². The Morgan fingerprint density at radius 2 is 0.712 bits per heavy atom. The number of aliphatic hydroxyl groups excluding tert-OH is 8. The Morgan fingerprint density at radius 3 is 1.12 bits per heavy atom. The van der Waals surface area contributed by atoms with Gasteiger partial charge in [0, 0.05) is 12.8 Å². The van der Waals surface area contributed by atoms with Crippen molar-refractivity contribution in [3.8, 4) is 0 Å². The molecule has 6 fully saturated rings. The number of rotatable bonds is 31. The normalized spacial score (nSPS) is 39.7. The number of amides is 1. The van der Waals surface area contributed by atoms with Crippen LogP contribution < -0.4 is 14.8 Å². The van der Waals surface area contributed by atoms with Gasteiger partial charge in [0.2, 0.25) is 5.91 Å². The van der Waals surface area contributed by atoms with E-state index >= 15 is 0 Å². The molecule has 6 aliphatic heterocycles. The van der Waals surface area contributed by atoms with Gasteiger partial charge in [0.25, 0.3) is 0 Å². The van der Waals surface area contributed by atoms with Gasteiger partial charge in [0.1, 0.15) is 110 Å². The average Bonchev–Trinajstić information content (AvgIpc) is 0.760. The van der Waals surface area contributed by atoms with Crippen LogP contribution in [-0.4, -0.2) is 369 Å². The molecule has 55 nitrogen and oxygen atoms in total. The van der Waals surface area contributed by atoms with Crippen molar-refractivity contribution in [1.82, 2.24) is 14.8 Å². The third-order valence-corrected chi connectivity index (χ3v) is 18.8. The fraction of sp³-hybridized carbons (Fsp3) is 0.905. The van der Waals surface area contributed by atoms with Gasteiger partial charge < -0.3 is 114 Å². The number of hydrogen-bond acceptors (Lipinski definition) is 42. The smallest absolute Gasteiger partial charge is 0.397 e. The van der Waals surface area contributed by atoms with E-state index in [4.69, 9.17) is 52.1 Å². The molecular weight excluding hydrogens is 1600 g/mol. The van der Waals surface area contributed by atoms with Gasteiger partial charge in [-0.2, -0.15) is 68.4 Å². The molecule has 1 amide bonds. The lowest BCUT2D eigenvalue weighted by molar-refractivity contribution is -0.376. The van der Waals surface area contributed by atoms with Crippen molar-refractivity contribution in [2.75, 3.05) is 19.8 Å². The largest absolute Gasteiger partial charge is 0.479 e.